The van der Waals surface area contributed by atoms with Crippen molar-refractivity contribution in [2.24, 2.45) is 5.92 Å². The number of rotatable bonds is 3. The summed E-state index contributed by atoms with van der Waals surface area (Å²) in [6.07, 6.45) is 2.29. The molecule has 1 unspecified atom stereocenters. The van der Waals surface area contributed by atoms with Crippen LogP contribution in [0.3, 0.4) is 0 Å². The van der Waals surface area contributed by atoms with Crippen molar-refractivity contribution in [2.75, 3.05) is 0 Å². The molecule has 0 aliphatic rings. The standard InChI is InChI=1S/C13H13NO2/c1-9(13(15)16)7-10-4-5-11-3-2-6-14-12(11)8-10/h2-6,8-9H,7H2,1H3,(H,15,16). The van der Waals surface area contributed by atoms with Gasteiger partial charge in [-0.3, -0.25) is 9.78 Å². The molecular weight excluding hydrogens is 202 g/mol. The summed E-state index contributed by atoms with van der Waals surface area (Å²) in [6, 6.07) is 9.78. The number of aromatic nitrogens is 1. The quantitative estimate of drug-likeness (QED) is 0.855. The topological polar surface area (TPSA) is 50.2 Å². The van der Waals surface area contributed by atoms with Gasteiger partial charge in [-0.15, -0.1) is 0 Å². The maximum Gasteiger partial charge on any atom is 0.306 e. The number of pyridine rings is 1. The zero-order valence-corrected chi connectivity index (χ0v) is 9.05. The average Bonchev–Trinajstić information content (AvgIpc) is 2.28. The van der Waals surface area contributed by atoms with Gasteiger partial charge in [0, 0.05) is 11.6 Å². The number of carboxylic acids is 1. The molecule has 0 bridgehead atoms. The molecule has 1 aromatic heterocycles. The second kappa shape index (κ2) is 4.31. The molecule has 0 fully saturated rings. The summed E-state index contributed by atoms with van der Waals surface area (Å²) in [5.41, 5.74) is 1.93. The smallest absolute Gasteiger partial charge is 0.306 e. The first-order valence-electron chi connectivity index (χ1n) is 5.23. The predicted octanol–water partition coefficient (Wildman–Crippen LogP) is 2.50. The third kappa shape index (κ3) is 2.19. The van der Waals surface area contributed by atoms with Crippen LogP contribution in [-0.2, 0) is 11.2 Å². The number of fused-ring (bicyclic) bond motifs is 1. The lowest BCUT2D eigenvalue weighted by molar-refractivity contribution is -0.141. The van der Waals surface area contributed by atoms with Crippen LogP contribution in [0.4, 0.5) is 0 Å². The van der Waals surface area contributed by atoms with Crippen LogP contribution in [0.25, 0.3) is 10.9 Å². The number of nitrogens with zero attached hydrogens (tertiary/aromatic N) is 1. The van der Waals surface area contributed by atoms with E-state index in [1.54, 1.807) is 13.1 Å². The van der Waals surface area contributed by atoms with E-state index >= 15 is 0 Å². The van der Waals surface area contributed by atoms with Crippen LogP contribution >= 0.6 is 0 Å². The number of hydrogen-bond donors (Lipinski definition) is 1. The van der Waals surface area contributed by atoms with Crippen LogP contribution in [0.15, 0.2) is 36.5 Å². The number of carbonyl (C=O) groups is 1. The number of benzene rings is 1. The summed E-state index contributed by atoms with van der Waals surface area (Å²) in [6.45, 7) is 1.71. The monoisotopic (exact) mass is 215 g/mol. The molecule has 2 aromatic rings. The first kappa shape index (κ1) is 10.6. The lowest BCUT2D eigenvalue weighted by Gasteiger charge is -2.06. The minimum Gasteiger partial charge on any atom is -0.481 e. The minimum atomic E-state index is -0.763. The Bertz CT molecular complexity index is 522. The van der Waals surface area contributed by atoms with Crippen LogP contribution in [0, 0.1) is 5.92 Å². The van der Waals surface area contributed by atoms with Crippen molar-refractivity contribution in [3.05, 3.63) is 42.1 Å². The fraction of sp³-hybridized carbons (Fsp3) is 0.231. The Balaban J connectivity index is 2.29. The van der Waals surface area contributed by atoms with Gasteiger partial charge in [0.25, 0.3) is 0 Å². The Labute approximate surface area is 93.7 Å². The minimum absolute atomic E-state index is 0.360. The molecule has 0 amide bonds. The third-order valence-corrected chi connectivity index (χ3v) is 2.63. The van der Waals surface area contributed by atoms with E-state index in [4.69, 9.17) is 5.11 Å². The summed E-state index contributed by atoms with van der Waals surface area (Å²) in [5.74, 6) is -1.12. The van der Waals surface area contributed by atoms with Gasteiger partial charge in [0.1, 0.15) is 0 Å². The Morgan fingerprint density at radius 2 is 2.25 bits per heavy atom. The van der Waals surface area contributed by atoms with Crippen LogP contribution in [-0.4, -0.2) is 16.1 Å². The molecule has 3 nitrogen and oxygen atoms in total. The van der Waals surface area contributed by atoms with E-state index in [0.29, 0.717) is 6.42 Å². The molecule has 1 atom stereocenters. The van der Waals surface area contributed by atoms with Crippen LogP contribution in [0.1, 0.15) is 12.5 Å². The number of carboxylic acid groups (broad SMARTS) is 1. The summed E-state index contributed by atoms with van der Waals surface area (Å²) in [7, 11) is 0. The van der Waals surface area contributed by atoms with Gasteiger partial charge in [-0.2, -0.15) is 0 Å². The molecule has 0 saturated heterocycles. The molecule has 82 valence electrons. The van der Waals surface area contributed by atoms with Crippen LogP contribution in [0.5, 0.6) is 0 Å². The SMILES string of the molecule is CC(Cc1ccc2cccnc2c1)C(=O)O. The second-order valence-electron chi connectivity index (χ2n) is 3.97. The molecule has 1 heterocycles. The van der Waals surface area contributed by atoms with E-state index in [1.165, 1.54) is 0 Å². The molecule has 1 N–H and O–H groups in total. The van der Waals surface area contributed by atoms with Crippen LogP contribution in [0.2, 0.25) is 0 Å². The van der Waals surface area contributed by atoms with Gasteiger partial charge in [0.05, 0.1) is 11.4 Å². The largest absolute Gasteiger partial charge is 0.481 e. The maximum atomic E-state index is 10.8. The highest BCUT2D eigenvalue weighted by Gasteiger charge is 2.11. The van der Waals surface area contributed by atoms with E-state index in [0.717, 1.165) is 16.5 Å². The Morgan fingerprint density at radius 1 is 1.44 bits per heavy atom. The van der Waals surface area contributed by atoms with Gasteiger partial charge < -0.3 is 5.11 Å². The fourth-order valence-electron chi connectivity index (χ4n) is 1.68. The summed E-state index contributed by atoms with van der Waals surface area (Å²) < 4.78 is 0. The van der Waals surface area contributed by atoms with E-state index in [9.17, 15) is 4.79 Å². The van der Waals surface area contributed by atoms with Crippen molar-refractivity contribution >= 4 is 16.9 Å². The molecule has 0 aliphatic carbocycles. The van der Waals surface area contributed by atoms with Gasteiger partial charge in [-0.05, 0) is 24.1 Å². The highest BCUT2D eigenvalue weighted by atomic mass is 16.4. The molecule has 1 aromatic carbocycles. The highest BCUT2D eigenvalue weighted by molar-refractivity contribution is 5.79. The van der Waals surface area contributed by atoms with Crippen molar-refractivity contribution in [3.63, 3.8) is 0 Å². The predicted molar refractivity (Wildman–Crippen MR) is 62.2 cm³/mol. The van der Waals surface area contributed by atoms with Crippen molar-refractivity contribution < 1.29 is 9.90 Å². The zero-order valence-electron chi connectivity index (χ0n) is 9.05. The van der Waals surface area contributed by atoms with E-state index in [2.05, 4.69) is 4.98 Å². The van der Waals surface area contributed by atoms with E-state index in [-0.39, 0.29) is 5.92 Å². The summed E-state index contributed by atoms with van der Waals surface area (Å²) >= 11 is 0. The molecule has 0 saturated carbocycles. The number of aliphatic carboxylic acids is 1. The molecule has 0 radical (unpaired) electrons. The van der Waals surface area contributed by atoms with Gasteiger partial charge in [0.15, 0.2) is 0 Å². The van der Waals surface area contributed by atoms with Gasteiger partial charge >= 0.3 is 5.97 Å². The molecule has 0 aliphatic heterocycles. The van der Waals surface area contributed by atoms with Crippen molar-refractivity contribution in [1.29, 1.82) is 0 Å². The molecule has 2 rings (SSSR count). The first-order chi connectivity index (χ1) is 7.66. The molecular formula is C13H13NO2. The highest BCUT2D eigenvalue weighted by Crippen LogP contribution is 2.16. The van der Waals surface area contributed by atoms with Gasteiger partial charge in [-0.1, -0.05) is 25.1 Å². The van der Waals surface area contributed by atoms with Crippen molar-refractivity contribution in [3.8, 4) is 0 Å². The molecule has 3 heteroatoms. The maximum absolute atomic E-state index is 10.8. The summed E-state index contributed by atoms with van der Waals surface area (Å²) in [5, 5.41) is 9.92. The van der Waals surface area contributed by atoms with Gasteiger partial charge in [0.2, 0.25) is 0 Å². The second-order valence-corrected chi connectivity index (χ2v) is 3.97. The van der Waals surface area contributed by atoms with Gasteiger partial charge in [-0.25, -0.2) is 0 Å². The van der Waals surface area contributed by atoms with E-state index in [1.807, 2.05) is 30.3 Å². The lowest BCUT2D eigenvalue weighted by atomic mass is 10.0. The molecule has 0 spiro atoms. The Kier molecular flexibility index (Phi) is 2.86. The van der Waals surface area contributed by atoms with Crippen molar-refractivity contribution in [1.82, 2.24) is 4.98 Å². The lowest BCUT2D eigenvalue weighted by Crippen LogP contribution is -2.12. The normalized spacial score (nSPS) is 12.6. The Hall–Kier alpha value is -1.90. The first-order valence-corrected chi connectivity index (χ1v) is 5.23. The van der Waals surface area contributed by atoms with Crippen molar-refractivity contribution in [2.45, 2.75) is 13.3 Å². The third-order valence-electron chi connectivity index (χ3n) is 2.63. The fourth-order valence-corrected chi connectivity index (χ4v) is 1.68. The Morgan fingerprint density at radius 3 is 3.00 bits per heavy atom. The molecule has 16 heavy (non-hydrogen) atoms. The average molecular weight is 215 g/mol. The summed E-state index contributed by atoms with van der Waals surface area (Å²) in [4.78, 5) is 15.0. The van der Waals surface area contributed by atoms with Crippen LogP contribution < -0.4 is 0 Å². The van der Waals surface area contributed by atoms with E-state index < -0.39 is 5.97 Å². The zero-order chi connectivity index (χ0) is 11.5. The number of hydrogen-bond acceptors (Lipinski definition) is 2.